The first-order chi connectivity index (χ1) is 20.0. The molecule has 3 aromatic carbocycles. The number of hydrogen-bond acceptors (Lipinski definition) is 7. The van der Waals surface area contributed by atoms with Crippen molar-refractivity contribution in [2.75, 3.05) is 25.6 Å². The van der Waals surface area contributed by atoms with Gasteiger partial charge in [0.05, 0.1) is 25.2 Å². The smallest absolute Gasteiger partial charge is 0.310 e. The predicted molar refractivity (Wildman–Crippen MR) is 160 cm³/mol. The molecule has 1 atom stereocenters. The molecular formula is C33H34N4O4. The number of nitrogens with zero attached hydrogens (tertiary/aromatic N) is 3. The van der Waals surface area contributed by atoms with Crippen LogP contribution in [0.3, 0.4) is 0 Å². The zero-order valence-electron chi connectivity index (χ0n) is 23.4. The number of carbonyl (C=O) groups excluding carboxylic acids is 1. The Bertz CT molecular complexity index is 1720. The lowest BCUT2D eigenvalue weighted by atomic mass is 10.00. The summed E-state index contributed by atoms with van der Waals surface area (Å²) in [4.78, 5) is 16.6. The van der Waals surface area contributed by atoms with Gasteiger partial charge in [0.2, 0.25) is 0 Å². The molecule has 1 fully saturated rings. The molecule has 8 nitrogen and oxygen atoms in total. The summed E-state index contributed by atoms with van der Waals surface area (Å²) in [5.41, 5.74) is 12.0. The van der Waals surface area contributed by atoms with Gasteiger partial charge in [-0.1, -0.05) is 30.3 Å². The summed E-state index contributed by atoms with van der Waals surface area (Å²) in [6, 6.07) is 20.5. The lowest BCUT2D eigenvalue weighted by Crippen LogP contribution is -2.12. The van der Waals surface area contributed by atoms with Crippen LogP contribution in [0, 0.1) is 12.8 Å². The van der Waals surface area contributed by atoms with E-state index >= 15 is 0 Å². The molecule has 0 aliphatic carbocycles. The van der Waals surface area contributed by atoms with Crippen molar-refractivity contribution < 1.29 is 19.0 Å². The van der Waals surface area contributed by atoms with Gasteiger partial charge >= 0.3 is 5.97 Å². The van der Waals surface area contributed by atoms with E-state index in [1.54, 1.807) is 6.20 Å². The van der Waals surface area contributed by atoms with Crippen LogP contribution in [-0.2, 0) is 33.8 Å². The summed E-state index contributed by atoms with van der Waals surface area (Å²) in [5, 5.41) is 8.04. The molecule has 2 aromatic heterocycles. The topological polar surface area (TPSA) is 101 Å². The van der Waals surface area contributed by atoms with Gasteiger partial charge in [-0.25, -0.2) is 4.98 Å². The molecule has 0 radical (unpaired) electrons. The van der Waals surface area contributed by atoms with Gasteiger partial charge in [-0.05, 0) is 72.7 Å². The highest BCUT2D eigenvalue weighted by molar-refractivity contribution is 5.95. The minimum atomic E-state index is -0.268. The molecule has 1 aliphatic rings. The van der Waals surface area contributed by atoms with Crippen LogP contribution in [0.15, 0.2) is 66.9 Å². The number of fused-ring (bicyclic) bond motifs is 2. The van der Waals surface area contributed by atoms with Gasteiger partial charge in [-0.2, -0.15) is 5.10 Å². The summed E-state index contributed by atoms with van der Waals surface area (Å²) < 4.78 is 19.3. The number of ether oxygens (including phenoxy) is 3. The quantitative estimate of drug-likeness (QED) is 0.229. The average molecular weight is 551 g/mol. The third kappa shape index (κ3) is 5.60. The van der Waals surface area contributed by atoms with Crippen molar-refractivity contribution >= 4 is 33.5 Å². The number of aromatic nitrogens is 3. The molecule has 210 valence electrons. The molecule has 6 rings (SSSR count). The third-order valence-electron chi connectivity index (χ3n) is 7.77. The maximum Gasteiger partial charge on any atom is 0.310 e. The predicted octanol–water partition coefficient (Wildman–Crippen LogP) is 5.86. The molecule has 8 heteroatoms. The van der Waals surface area contributed by atoms with Crippen LogP contribution in [-0.4, -0.2) is 40.6 Å². The second-order valence-corrected chi connectivity index (χ2v) is 10.5. The Labute approximate surface area is 239 Å². The van der Waals surface area contributed by atoms with Gasteiger partial charge in [-0.3, -0.25) is 9.48 Å². The molecule has 0 saturated carbocycles. The van der Waals surface area contributed by atoms with Gasteiger partial charge in [0.15, 0.2) is 0 Å². The second kappa shape index (κ2) is 11.6. The largest absolute Gasteiger partial charge is 0.487 e. The van der Waals surface area contributed by atoms with Crippen LogP contribution in [0.1, 0.15) is 30.2 Å². The van der Waals surface area contributed by atoms with Crippen LogP contribution >= 0.6 is 0 Å². The number of carbonyl (C=O) groups is 1. The Kier molecular flexibility index (Phi) is 7.57. The van der Waals surface area contributed by atoms with Crippen molar-refractivity contribution in [3.05, 3.63) is 83.7 Å². The van der Waals surface area contributed by atoms with Gasteiger partial charge < -0.3 is 19.9 Å². The lowest BCUT2D eigenvalue weighted by molar-refractivity contribution is -0.142. The summed E-state index contributed by atoms with van der Waals surface area (Å²) >= 11 is 0. The average Bonchev–Trinajstić information content (AvgIpc) is 3.61. The SMILES string of the molecule is CCOC(=O)Cc1c(C)cccc1OCc1nn(CC2CCOC2)c2ccc(-c3ccc4ccnc(N)c4c3)cc12. The fourth-order valence-electron chi connectivity index (χ4n) is 5.55. The van der Waals surface area contributed by atoms with E-state index in [-0.39, 0.29) is 19.0 Å². The summed E-state index contributed by atoms with van der Waals surface area (Å²) in [5.74, 6) is 1.34. The molecule has 0 spiro atoms. The summed E-state index contributed by atoms with van der Waals surface area (Å²) in [7, 11) is 0. The van der Waals surface area contributed by atoms with Crippen LogP contribution in [0.5, 0.6) is 5.75 Å². The van der Waals surface area contributed by atoms with Gasteiger partial charge in [0.1, 0.15) is 23.9 Å². The lowest BCUT2D eigenvalue weighted by Gasteiger charge is -2.13. The number of nitrogens with two attached hydrogens (primary N) is 1. The van der Waals surface area contributed by atoms with E-state index in [1.165, 1.54) is 0 Å². The molecule has 1 saturated heterocycles. The number of esters is 1. The van der Waals surface area contributed by atoms with Crippen molar-refractivity contribution in [1.29, 1.82) is 0 Å². The minimum Gasteiger partial charge on any atom is -0.487 e. The summed E-state index contributed by atoms with van der Waals surface area (Å²) in [6.45, 7) is 6.73. The number of benzene rings is 3. The first-order valence-corrected chi connectivity index (χ1v) is 14.1. The maximum absolute atomic E-state index is 12.3. The summed E-state index contributed by atoms with van der Waals surface area (Å²) in [6.07, 6.45) is 2.92. The Morgan fingerprint density at radius 3 is 2.73 bits per heavy atom. The standard InChI is InChI=1S/C33H34N4O4/c1-3-40-32(38)17-26-21(2)5-4-6-31(26)41-20-29-28-16-25(24-8-7-23-11-13-35-33(34)27(23)15-24)9-10-30(28)37(36-29)18-22-12-14-39-19-22/h4-11,13,15-16,22H,3,12,14,17-20H2,1-2H3,(H2,34,35). The molecule has 5 aromatic rings. The fraction of sp³-hybridized carbons (Fsp3) is 0.303. The number of anilines is 1. The van der Waals surface area contributed by atoms with Crippen molar-refractivity contribution in [3.63, 3.8) is 0 Å². The van der Waals surface area contributed by atoms with Crippen LogP contribution in [0.4, 0.5) is 5.82 Å². The van der Waals surface area contributed by atoms with Crippen molar-refractivity contribution in [2.45, 2.75) is 39.8 Å². The van der Waals surface area contributed by atoms with E-state index in [1.807, 2.05) is 38.1 Å². The van der Waals surface area contributed by atoms with Crippen molar-refractivity contribution in [1.82, 2.24) is 14.8 Å². The van der Waals surface area contributed by atoms with E-state index in [9.17, 15) is 4.79 Å². The molecule has 41 heavy (non-hydrogen) atoms. The van der Waals surface area contributed by atoms with E-state index in [2.05, 4.69) is 46.1 Å². The van der Waals surface area contributed by atoms with E-state index in [0.29, 0.717) is 24.1 Å². The molecular weight excluding hydrogens is 516 g/mol. The second-order valence-electron chi connectivity index (χ2n) is 10.5. The number of nitrogen functional groups attached to an aromatic ring is 1. The minimum absolute atomic E-state index is 0.164. The highest BCUT2D eigenvalue weighted by Crippen LogP contribution is 2.32. The van der Waals surface area contributed by atoms with E-state index < -0.39 is 0 Å². The molecule has 1 aliphatic heterocycles. The molecule has 0 amide bonds. The first-order valence-electron chi connectivity index (χ1n) is 14.1. The molecule has 3 heterocycles. The van der Waals surface area contributed by atoms with Crippen LogP contribution in [0.2, 0.25) is 0 Å². The number of aryl methyl sites for hydroxylation is 1. The van der Waals surface area contributed by atoms with Gasteiger partial charge in [0.25, 0.3) is 0 Å². The number of hydrogen-bond donors (Lipinski definition) is 1. The fourth-order valence-corrected chi connectivity index (χ4v) is 5.55. The maximum atomic E-state index is 12.3. The zero-order valence-corrected chi connectivity index (χ0v) is 23.4. The molecule has 2 N–H and O–H groups in total. The van der Waals surface area contributed by atoms with Gasteiger partial charge in [0, 0.05) is 41.6 Å². The highest BCUT2D eigenvalue weighted by atomic mass is 16.5. The Hall–Kier alpha value is -4.43. The van der Waals surface area contributed by atoms with Crippen LogP contribution < -0.4 is 10.5 Å². The third-order valence-corrected chi connectivity index (χ3v) is 7.77. The monoisotopic (exact) mass is 550 g/mol. The van der Waals surface area contributed by atoms with Gasteiger partial charge in [-0.15, -0.1) is 0 Å². The highest BCUT2D eigenvalue weighted by Gasteiger charge is 2.21. The Balaban J connectivity index is 1.36. The zero-order chi connectivity index (χ0) is 28.3. The Morgan fingerprint density at radius 1 is 1.10 bits per heavy atom. The number of pyridine rings is 1. The van der Waals surface area contributed by atoms with Crippen molar-refractivity contribution in [2.24, 2.45) is 5.92 Å². The Morgan fingerprint density at radius 2 is 1.93 bits per heavy atom. The number of rotatable bonds is 9. The van der Waals surface area contributed by atoms with E-state index in [0.717, 1.165) is 75.8 Å². The van der Waals surface area contributed by atoms with Crippen LogP contribution in [0.25, 0.3) is 32.8 Å². The normalized spacial score (nSPS) is 15.0. The first kappa shape index (κ1) is 26.8. The van der Waals surface area contributed by atoms with Crippen molar-refractivity contribution in [3.8, 4) is 16.9 Å². The molecule has 0 bridgehead atoms. The molecule has 1 unspecified atom stereocenters. The van der Waals surface area contributed by atoms with E-state index in [4.69, 9.17) is 25.0 Å².